The first kappa shape index (κ1) is 18.3. The Labute approximate surface area is 170 Å². The molecule has 8 heteroatoms. The van der Waals surface area contributed by atoms with Crippen molar-refractivity contribution < 1.29 is 9.59 Å². The highest BCUT2D eigenvalue weighted by molar-refractivity contribution is 8.18. The van der Waals surface area contributed by atoms with E-state index in [0.717, 1.165) is 10.4 Å². The molecule has 2 aliphatic rings. The number of amides is 2. The van der Waals surface area contributed by atoms with Crippen LogP contribution in [0.4, 0.5) is 0 Å². The minimum atomic E-state index is -0.220. The molecule has 1 aromatic heterocycles. The summed E-state index contributed by atoms with van der Waals surface area (Å²) in [6.45, 7) is 2.59. The highest BCUT2D eigenvalue weighted by Gasteiger charge is 2.30. The van der Waals surface area contributed by atoms with Crippen molar-refractivity contribution in [1.82, 2.24) is 9.80 Å². The van der Waals surface area contributed by atoms with E-state index in [0.29, 0.717) is 41.3 Å². The molecule has 0 bridgehead atoms. The van der Waals surface area contributed by atoms with Gasteiger partial charge in [-0.3, -0.25) is 9.59 Å². The van der Waals surface area contributed by atoms with Crippen LogP contribution >= 0.6 is 34.7 Å². The number of carbonyl (C=O) groups excluding carboxylic acids is 2. The number of piperazine rings is 1. The molecule has 0 N–H and O–H groups in total. The second-order valence-corrected chi connectivity index (χ2v) is 8.51. The molecule has 1 saturated heterocycles. The number of thiophene rings is 1. The highest BCUT2D eigenvalue weighted by atomic mass is 35.5. The van der Waals surface area contributed by atoms with Crippen LogP contribution in [0.1, 0.15) is 15.2 Å². The van der Waals surface area contributed by atoms with Crippen LogP contribution in [0.25, 0.3) is 6.08 Å². The number of hydrogen-bond donors (Lipinski definition) is 0. The molecule has 0 saturated carbocycles. The molecular formula is C19H16ClN3O2S2. The number of benzene rings is 1. The van der Waals surface area contributed by atoms with Crippen LogP contribution in [0.2, 0.25) is 5.02 Å². The minimum absolute atomic E-state index is 0.0741. The Kier molecular flexibility index (Phi) is 5.33. The number of aliphatic imine (C=N–C) groups is 1. The van der Waals surface area contributed by atoms with Crippen LogP contribution in [0.15, 0.2) is 51.7 Å². The molecule has 0 aliphatic carbocycles. The van der Waals surface area contributed by atoms with Crippen LogP contribution < -0.4 is 0 Å². The van der Waals surface area contributed by atoms with E-state index in [2.05, 4.69) is 9.89 Å². The summed E-state index contributed by atoms with van der Waals surface area (Å²) in [5, 5.41) is 3.28. The topological polar surface area (TPSA) is 53.0 Å². The number of carbonyl (C=O) groups is 2. The number of nitrogens with zero attached hydrogens (tertiary/aromatic N) is 3. The maximum atomic E-state index is 12.4. The monoisotopic (exact) mass is 417 g/mol. The van der Waals surface area contributed by atoms with E-state index in [-0.39, 0.29) is 11.8 Å². The van der Waals surface area contributed by atoms with E-state index in [1.165, 1.54) is 23.1 Å². The van der Waals surface area contributed by atoms with Crippen molar-refractivity contribution in [2.75, 3.05) is 26.2 Å². The molecule has 138 valence electrons. The normalized spacial score (nSPS) is 18.9. The van der Waals surface area contributed by atoms with E-state index in [4.69, 9.17) is 11.6 Å². The number of thioether (sulfide) groups is 1. The van der Waals surface area contributed by atoms with Crippen LogP contribution in [-0.2, 0) is 4.79 Å². The van der Waals surface area contributed by atoms with Gasteiger partial charge in [0.15, 0.2) is 5.17 Å². The third-order valence-corrected chi connectivity index (χ3v) is 6.50. The lowest BCUT2D eigenvalue weighted by molar-refractivity contribution is -0.113. The zero-order chi connectivity index (χ0) is 18.8. The molecule has 4 rings (SSSR count). The van der Waals surface area contributed by atoms with Gasteiger partial charge in [0.1, 0.15) is 0 Å². The lowest BCUT2D eigenvalue weighted by Gasteiger charge is -2.35. The largest absolute Gasteiger partial charge is 0.347 e. The Balaban J connectivity index is 1.38. The first-order valence-electron chi connectivity index (χ1n) is 8.46. The Morgan fingerprint density at radius 1 is 1.11 bits per heavy atom. The summed E-state index contributed by atoms with van der Waals surface area (Å²) in [5.41, 5.74) is 0.915. The SMILES string of the molecule is O=C1N=C(N2CCN(C(=O)c3cccs3)CC2)S/C1=C\c1ccc(Cl)cc1. The molecule has 0 unspecified atom stereocenters. The fourth-order valence-electron chi connectivity index (χ4n) is 2.90. The molecule has 3 heterocycles. The molecule has 0 radical (unpaired) electrons. The molecule has 2 aliphatic heterocycles. The molecule has 5 nitrogen and oxygen atoms in total. The minimum Gasteiger partial charge on any atom is -0.347 e. The number of hydrogen-bond acceptors (Lipinski definition) is 5. The molecule has 2 aromatic rings. The zero-order valence-corrected chi connectivity index (χ0v) is 16.7. The molecule has 2 amide bonds. The van der Waals surface area contributed by atoms with E-state index < -0.39 is 0 Å². The summed E-state index contributed by atoms with van der Waals surface area (Å²) < 4.78 is 0. The Hall–Kier alpha value is -2.09. The Bertz CT molecular complexity index is 915. The second-order valence-electron chi connectivity index (χ2n) is 6.12. The third kappa shape index (κ3) is 4.10. The molecule has 1 fully saturated rings. The average molecular weight is 418 g/mol. The smallest absolute Gasteiger partial charge is 0.286 e. The molecular weight excluding hydrogens is 402 g/mol. The Morgan fingerprint density at radius 3 is 2.52 bits per heavy atom. The van der Waals surface area contributed by atoms with Gasteiger partial charge in [-0.15, -0.1) is 11.3 Å². The third-order valence-electron chi connectivity index (χ3n) is 4.35. The van der Waals surface area contributed by atoms with Crippen molar-refractivity contribution in [2.24, 2.45) is 4.99 Å². The van der Waals surface area contributed by atoms with Gasteiger partial charge in [0.25, 0.3) is 11.8 Å². The van der Waals surface area contributed by atoms with Gasteiger partial charge in [-0.05, 0) is 47.0 Å². The highest BCUT2D eigenvalue weighted by Crippen LogP contribution is 2.31. The molecule has 0 spiro atoms. The summed E-state index contributed by atoms with van der Waals surface area (Å²) in [5.74, 6) is -0.146. The van der Waals surface area contributed by atoms with Gasteiger partial charge in [0.2, 0.25) is 0 Å². The van der Waals surface area contributed by atoms with Crippen LogP contribution in [-0.4, -0.2) is 53.0 Å². The summed E-state index contributed by atoms with van der Waals surface area (Å²) in [4.78, 5) is 34.2. The van der Waals surface area contributed by atoms with Crippen LogP contribution in [0.5, 0.6) is 0 Å². The summed E-state index contributed by atoms with van der Waals surface area (Å²) >= 11 is 8.74. The van der Waals surface area contributed by atoms with E-state index in [9.17, 15) is 9.59 Å². The summed E-state index contributed by atoms with van der Waals surface area (Å²) in [7, 11) is 0. The van der Waals surface area contributed by atoms with Crippen molar-refractivity contribution in [3.8, 4) is 0 Å². The van der Waals surface area contributed by atoms with Crippen molar-refractivity contribution in [2.45, 2.75) is 0 Å². The standard InChI is InChI=1S/C19H16ClN3O2S2/c20-14-5-3-13(4-6-14)12-16-17(24)21-19(27-16)23-9-7-22(8-10-23)18(25)15-2-1-11-26-15/h1-6,11-12H,7-10H2/b16-12-. The number of amidine groups is 1. The first-order valence-corrected chi connectivity index (χ1v) is 10.5. The van der Waals surface area contributed by atoms with Gasteiger partial charge in [0, 0.05) is 31.2 Å². The Morgan fingerprint density at radius 2 is 1.85 bits per heavy atom. The molecule has 27 heavy (non-hydrogen) atoms. The fraction of sp³-hybridized carbons (Fsp3) is 0.211. The average Bonchev–Trinajstić information content (AvgIpc) is 3.34. The van der Waals surface area contributed by atoms with Gasteiger partial charge in [-0.2, -0.15) is 4.99 Å². The van der Waals surface area contributed by atoms with Gasteiger partial charge >= 0.3 is 0 Å². The van der Waals surface area contributed by atoms with Crippen LogP contribution in [0, 0.1) is 0 Å². The summed E-state index contributed by atoms with van der Waals surface area (Å²) in [6.07, 6.45) is 1.83. The van der Waals surface area contributed by atoms with E-state index in [1.807, 2.05) is 40.6 Å². The quantitative estimate of drug-likeness (QED) is 0.697. The maximum absolute atomic E-state index is 12.4. The first-order chi connectivity index (χ1) is 13.1. The molecule has 0 atom stereocenters. The second kappa shape index (κ2) is 7.88. The van der Waals surface area contributed by atoms with Crippen molar-refractivity contribution >= 4 is 57.8 Å². The lowest BCUT2D eigenvalue weighted by Crippen LogP contribution is -2.49. The van der Waals surface area contributed by atoms with Gasteiger partial charge in [-0.1, -0.05) is 29.8 Å². The number of rotatable bonds is 2. The van der Waals surface area contributed by atoms with Crippen molar-refractivity contribution in [1.29, 1.82) is 0 Å². The van der Waals surface area contributed by atoms with Gasteiger partial charge in [0.05, 0.1) is 9.78 Å². The lowest BCUT2D eigenvalue weighted by atomic mass is 10.2. The van der Waals surface area contributed by atoms with Crippen molar-refractivity contribution in [3.05, 3.63) is 62.1 Å². The van der Waals surface area contributed by atoms with Gasteiger partial charge in [-0.25, -0.2) is 0 Å². The zero-order valence-electron chi connectivity index (χ0n) is 14.3. The maximum Gasteiger partial charge on any atom is 0.286 e. The van der Waals surface area contributed by atoms with Crippen molar-refractivity contribution in [3.63, 3.8) is 0 Å². The predicted octanol–water partition coefficient (Wildman–Crippen LogP) is 3.83. The van der Waals surface area contributed by atoms with E-state index >= 15 is 0 Å². The molecule has 1 aromatic carbocycles. The van der Waals surface area contributed by atoms with Crippen LogP contribution in [0.3, 0.4) is 0 Å². The fourth-order valence-corrected chi connectivity index (χ4v) is 4.68. The summed E-state index contributed by atoms with van der Waals surface area (Å²) in [6, 6.07) is 11.1. The number of halogens is 1. The predicted molar refractivity (Wildman–Crippen MR) is 111 cm³/mol. The van der Waals surface area contributed by atoms with Gasteiger partial charge < -0.3 is 9.80 Å². The van der Waals surface area contributed by atoms with E-state index in [1.54, 1.807) is 12.1 Å².